The van der Waals surface area contributed by atoms with Gasteiger partial charge in [0.2, 0.25) is 5.91 Å². The van der Waals surface area contributed by atoms with Gasteiger partial charge in [-0.3, -0.25) is 4.79 Å². The van der Waals surface area contributed by atoms with Crippen LogP contribution in [-0.4, -0.2) is 30.9 Å². The number of rotatable bonds is 8. The molecule has 4 aromatic rings. The SMILES string of the molecule is CCCCc1nc2c(N)nc3ccccc3c2n1Cc1cc(C)c(O)c(CNC(=O)CBr)c1. The van der Waals surface area contributed by atoms with Crippen LogP contribution >= 0.6 is 15.9 Å². The molecule has 172 valence electrons. The van der Waals surface area contributed by atoms with Crippen molar-refractivity contribution in [2.75, 3.05) is 11.1 Å². The minimum Gasteiger partial charge on any atom is -0.507 e. The average molecular weight is 510 g/mol. The Morgan fingerprint density at radius 3 is 2.79 bits per heavy atom. The van der Waals surface area contributed by atoms with Crippen molar-refractivity contribution in [2.24, 2.45) is 0 Å². The number of halogens is 1. The van der Waals surface area contributed by atoms with E-state index in [1.807, 2.05) is 37.3 Å². The Labute approximate surface area is 201 Å². The van der Waals surface area contributed by atoms with E-state index in [4.69, 9.17) is 10.7 Å². The van der Waals surface area contributed by atoms with Crippen LogP contribution in [0.5, 0.6) is 5.75 Å². The highest BCUT2D eigenvalue weighted by molar-refractivity contribution is 9.09. The summed E-state index contributed by atoms with van der Waals surface area (Å²) in [6, 6.07) is 11.9. The van der Waals surface area contributed by atoms with E-state index in [0.29, 0.717) is 17.9 Å². The first kappa shape index (κ1) is 23.0. The van der Waals surface area contributed by atoms with Gasteiger partial charge in [-0.2, -0.15) is 0 Å². The van der Waals surface area contributed by atoms with E-state index >= 15 is 0 Å². The fraction of sp³-hybridized carbons (Fsp3) is 0.320. The van der Waals surface area contributed by atoms with Gasteiger partial charge in [-0.25, -0.2) is 9.97 Å². The van der Waals surface area contributed by atoms with E-state index in [9.17, 15) is 9.90 Å². The third kappa shape index (κ3) is 4.66. The summed E-state index contributed by atoms with van der Waals surface area (Å²) >= 11 is 3.15. The molecular formula is C25H28BrN5O2. The number of nitrogen functional groups attached to an aromatic ring is 1. The number of aromatic hydroxyl groups is 1. The molecule has 7 nitrogen and oxygen atoms in total. The van der Waals surface area contributed by atoms with Crippen LogP contribution in [0.3, 0.4) is 0 Å². The number of carbonyl (C=O) groups excluding carboxylic acids is 1. The van der Waals surface area contributed by atoms with Crippen molar-refractivity contribution in [3.05, 3.63) is 58.9 Å². The van der Waals surface area contributed by atoms with Crippen LogP contribution in [0.15, 0.2) is 36.4 Å². The van der Waals surface area contributed by atoms with Gasteiger partial charge in [0.15, 0.2) is 5.82 Å². The first-order chi connectivity index (χ1) is 15.9. The maximum Gasteiger partial charge on any atom is 0.230 e. The van der Waals surface area contributed by atoms with Gasteiger partial charge in [-0.05, 0) is 36.6 Å². The van der Waals surface area contributed by atoms with Gasteiger partial charge in [0, 0.05) is 30.5 Å². The molecule has 0 radical (unpaired) electrons. The van der Waals surface area contributed by atoms with Crippen molar-refractivity contribution in [1.82, 2.24) is 19.9 Å². The monoisotopic (exact) mass is 509 g/mol. The van der Waals surface area contributed by atoms with Crippen LogP contribution in [0.2, 0.25) is 0 Å². The number of amides is 1. The summed E-state index contributed by atoms with van der Waals surface area (Å²) in [6.07, 6.45) is 2.92. The molecule has 0 atom stereocenters. The number of benzene rings is 2. The van der Waals surface area contributed by atoms with Crippen molar-refractivity contribution in [2.45, 2.75) is 46.2 Å². The number of hydrogen-bond acceptors (Lipinski definition) is 5. The number of aryl methyl sites for hydroxylation is 2. The molecule has 0 aliphatic carbocycles. The lowest BCUT2D eigenvalue weighted by atomic mass is 10.0. The van der Waals surface area contributed by atoms with Crippen LogP contribution in [-0.2, 0) is 24.3 Å². The molecule has 2 aromatic heterocycles. The van der Waals surface area contributed by atoms with Crippen molar-refractivity contribution in [3.8, 4) is 5.75 Å². The first-order valence-corrected chi connectivity index (χ1v) is 12.2. The number of pyridine rings is 1. The maximum atomic E-state index is 11.7. The Morgan fingerprint density at radius 1 is 1.24 bits per heavy atom. The molecule has 0 fully saturated rings. The molecular weight excluding hydrogens is 482 g/mol. The molecule has 1 amide bonds. The highest BCUT2D eigenvalue weighted by atomic mass is 79.9. The fourth-order valence-electron chi connectivity index (χ4n) is 4.18. The van der Waals surface area contributed by atoms with E-state index in [2.05, 4.69) is 43.8 Å². The molecule has 0 saturated carbocycles. The van der Waals surface area contributed by atoms with Gasteiger partial charge in [-0.1, -0.05) is 53.5 Å². The summed E-state index contributed by atoms with van der Waals surface area (Å²) in [7, 11) is 0. The van der Waals surface area contributed by atoms with Crippen molar-refractivity contribution in [1.29, 1.82) is 0 Å². The number of phenolic OH excluding ortho intramolecular Hbond substituents is 1. The van der Waals surface area contributed by atoms with E-state index < -0.39 is 0 Å². The molecule has 0 bridgehead atoms. The molecule has 0 unspecified atom stereocenters. The van der Waals surface area contributed by atoms with Gasteiger partial charge >= 0.3 is 0 Å². The predicted octanol–water partition coefficient (Wildman–Crippen LogP) is 4.58. The lowest BCUT2D eigenvalue weighted by Crippen LogP contribution is -2.23. The van der Waals surface area contributed by atoms with Crippen LogP contribution in [0.25, 0.3) is 21.9 Å². The number of alkyl halides is 1. The van der Waals surface area contributed by atoms with E-state index in [0.717, 1.165) is 58.2 Å². The molecule has 0 aliphatic heterocycles. The van der Waals surface area contributed by atoms with Gasteiger partial charge in [0.05, 0.1) is 16.4 Å². The second kappa shape index (κ2) is 9.79. The van der Waals surface area contributed by atoms with Gasteiger partial charge < -0.3 is 20.7 Å². The molecule has 4 rings (SSSR count). The highest BCUT2D eigenvalue weighted by Crippen LogP contribution is 2.31. The summed E-state index contributed by atoms with van der Waals surface area (Å²) in [5, 5.41) is 14.6. The number of phenols is 1. The van der Waals surface area contributed by atoms with E-state index in [1.165, 1.54) is 0 Å². The summed E-state index contributed by atoms with van der Waals surface area (Å²) < 4.78 is 2.22. The van der Waals surface area contributed by atoms with Crippen LogP contribution in [0.1, 0.15) is 42.3 Å². The molecule has 0 spiro atoms. The lowest BCUT2D eigenvalue weighted by molar-refractivity contribution is -0.118. The zero-order valence-corrected chi connectivity index (χ0v) is 20.4. The van der Waals surface area contributed by atoms with Crippen molar-refractivity contribution < 1.29 is 9.90 Å². The summed E-state index contributed by atoms with van der Waals surface area (Å²) in [5.74, 6) is 1.47. The molecule has 0 saturated heterocycles. The Bertz CT molecular complexity index is 1330. The predicted molar refractivity (Wildman–Crippen MR) is 136 cm³/mol. The molecule has 8 heteroatoms. The number of unbranched alkanes of at least 4 members (excludes halogenated alkanes) is 1. The Hall–Kier alpha value is -3.13. The van der Waals surface area contributed by atoms with Gasteiger partial charge in [0.25, 0.3) is 0 Å². The second-order valence-electron chi connectivity index (χ2n) is 8.26. The molecule has 2 aromatic carbocycles. The number of nitrogens with two attached hydrogens (primary N) is 1. The summed E-state index contributed by atoms with van der Waals surface area (Å²) in [5.41, 5.74) is 11.3. The number of aromatic nitrogens is 3. The molecule has 33 heavy (non-hydrogen) atoms. The molecule has 0 aliphatic rings. The number of fused-ring (bicyclic) bond motifs is 3. The number of nitrogens with zero attached hydrogens (tertiary/aromatic N) is 3. The Kier molecular flexibility index (Phi) is 6.83. The average Bonchev–Trinajstić information content (AvgIpc) is 3.17. The van der Waals surface area contributed by atoms with E-state index in [-0.39, 0.29) is 23.5 Å². The van der Waals surface area contributed by atoms with Crippen molar-refractivity contribution >= 4 is 49.6 Å². The third-order valence-corrected chi connectivity index (χ3v) is 6.33. The first-order valence-electron chi connectivity index (χ1n) is 11.1. The molecule has 2 heterocycles. The number of anilines is 1. The largest absolute Gasteiger partial charge is 0.507 e. The smallest absolute Gasteiger partial charge is 0.230 e. The number of carbonyl (C=O) groups is 1. The minimum absolute atomic E-state index is 0.130. The van der Waals surface area contributed by atoms with E-state index in [1.54, 1.807) is 0 Å². The Balaban J connectivity index is 1.84. The zero-order chi connectivity index (χ0) is 23.5. The van der Waals surface area contributed by atoms with Gasteiger partial charge in [-0.15, -0.1) is 0 Å². The third-order valence-electron chi connectivity index (χ3n) is 5.82. The number of hydrogen-bond donors (Lipinski definition) is 3. The highest BCUT2D eigenvalue weighted by Gasteiger charge is 2.18. The topological polar surface area (TPSA) is 106 Å². The number of imidazole rings is 1. The fourth-order valence-corrected chi connectivity index (χ4v) is 4.38. The Morgan fingerprint density at radius 2 is 2.03 bits per heavy atom. The standard InChI is InChI=1S/C25H28BrN5O2/c1-3-4-9-20-30-22-23(18-7-5-6-8-19(18)29-25(22)27)31(20)14-16-10-15(2)24(33)17(11-16)13-28-21(32)12-26/h5-8,10-11,33H,3-4,9,12-14H2,1-2H3,(H2,27,29)(H,28,32). The second-order valence-corrected chi connectivity index (χ2v) is 8.82. The van der Waals surface area contributed by atoms with Gasteiger partial charge in [0.1, 0.15) is 17.1 Å². The number of para-hydroxylation sites is 1. The van der Waals surface area contributed by atoms with Crippen LogP contribution in [0.4, 0.5) is 5.82 Å². The normalized spacial score (nSPS) is 11.4. The zero-order valence-electron chi connectivity index (χ0n) is 18.9. The number of nitrogens with one attached hydrogen (secondary N) is 1. The maximum absolute atomic E-state index is 11.7. The minimum atomic E-state index is -0.130. The quantitative estimate of drug-likeness (QED) is 0.301. The van der Waals surface area contributed by atoms with Crippen LogP contribution in [0, 0.1) is 6.92 Å². The lowest BCUT2D eigenvalue weighted by Gasteiger charge is -2.15. The van der Waals surface area contributed by atoms with Crippen LogP contribution < -0.4 is 11.1 Å². The summed E-state index contributed by atoms with van der Waals surface area (Å²) in [6.45, 7) is 4.87. The summed E-state index contributed by atoms with van der Waals surface area (Å²) in [4.78, 5) is 21.2. The van der Waals surface area contributed by atoms with Crippen molar-refractivity contribution in [3.63, 3.8) is 0 Å². The molecule has 4 N–H and O–H groups in total.